The predicted octanol–water partition coefficient (Wildman–Crippen LogP) is 3.54. The van der Waals surface area contributed by atoms with Crippen LogP contribution in [0, 0.1) is 5.92 Å². The molecule has 0 saturated heterocycles. The molecule has 0 unspecified atom stereocenters. The predicted molar refractivity (Wildman–Crippen MR) is 82.7 cm³/mol. The third kappa shape index (κ3) is 5.43. The summed E-state index contributed by atoms with van der Waals surface area (Å²) in [5.74, 6) is -1.71. The Hall–Kier alpha value is -1.61. The first-order valence-electron chi connectivity index (χ1n) is 7.91. The number of hydrogen-bond acceptors (Lipinski definition) is 5. The molecule has 1 atom stereocenters. The highest BCUT2D eigenvalue weighted by Gasteiger charge is 2.51. The molecular weight excluding hydrogens is 361 g/mol. The molecule has 0 radical (unpaired) electrons. The molecule has 1 saturated carbocycles. The number of halogens is 3. The van der Waals surface area contributed by atoms with E-state index < -0.39 is 33.6 Å². The molecule has 5 nitrogen and oxygen atoms in total. The molecule has 1 aromatic carbocycles. The maximum atomic E-state index is 12.6. The molecular formula is C16H19F3O5S. The van der Waals surface area contributed by atoms with Gasteiger partial charge in [-0.1, -0.05) is 49.6 Å². The third-order valence-electron chi connectivity index (χ3n) is 4.05. The molecule has 0 aliphatic heterocycles. The van der Waals surface area contributed by atoms with E-state index in [0.29, 0.717) is 31.2 Å². The summed E-state index contributed by atoms with van der Waals surface area (Å²) in [4.78, 5) is 12.2. The van der Waals surface area contributed by atoms with Crippen LogP contribution in [-0.2, 0) is 30.4 Å². The molecule has 2 rings (SSSR count). The summed E-state index contributed by atoms with van der Waals surface area (Å²) in [5, 5.41) is 0. The van der Waals surface area contributed by atoms with Crippen LogP contribution in [0.2, 0.25) is 0 Å². The van der Waals surface area contributed by atoms with Crippen LogP contribution in [0.4, 0.5) is 13.2 Å². The summed E-state index contributed by atoms with van der Waals surface area (Å²) in [5.41, 5.74) is -4.95. The van der Waals surface area contributed by atoms with Gasteiger partial charge in [-0.25, -0.2) is 8.98 Å². The molecule has 0 heterocycles. The number of hydrogen-bond donors (Lipinski definition) is 0. The first-order chi connectivity index (χ1) is 11.7. The first-order valence-corrected chi connectivity index (χ1v) is 9.31. The second kappa shape index (κ2) is 8.18. The number of carbonyl (C=O) groups is 1. The zero-order valence-electron chi connectivity index (χ0n) is 13.4. The van der Waals surface area contributed by atoms with Crippen LogP contribution in [-0.4, -0.2) is 26.0 Å². The number of alkyl halides is 3. The second-order valence-electron chi connectivity index (χ2n) is 5.91. The minimum atomic E-state index is -5.88. The lowest BCUT2D eigenvalue weighted by molar-refractivity contribution is -0.157. The molecule has 1 aliphatic rings. The fourth-order valence-corrected chi connectivity index (χ4v) is 3.37. The maximum Gasteiger partial charge on any atom is 0.523 e. The Morgan fingerprint density at radius 1 is 1.12 bits per heavy atom. The molecule has 25 heavy (non-hydrogen) atoms. The molecule has 140 valence electrons. The molecule has 0 bridgehead atoms. The SMILES string of the molecule is O=C(OCc1ccccc1)[C@@H](OS(=O)(=O)C(F)(F)F)C1CCCCC1. The van der Waals surface area contributed by atoms with Crippen LogP contribution in [0.1, 0.15) is 37.7 Å². The molecule has 1 fully saturated rings. The Balaban J connectivity index is 2.11. The highest BCUT2D eigenvalue weighted by atomic mass is 32.2. The van der Waals surface area contributed by atoms with Crippen molar-refractivity contribution in [2.24, 2.45) is 5.92 Å². The van der Waals surface area contributed by atoms with E-state index in [-0.39, 0.29) is 6.61 Å². The van der Waals surface area contributed by atoms with Crippen molar-refractivity contribution in [1.82, 2.24) is 0 Å². The average molecular weight is 380 g/mol. The maximum absolute atomic E-state index is 12.6. The molecule has 1 aliphatic carbocycles. The first kappa shape index (κ1) is 19.7. The molecule has 0 N–H and O–H groups in total. The van der Waals surface area contributed by atoms with Gasteiger partial charge in [-0.2, -0.15) is 21.6 Å². The van der Waals surface area contributed by atoms with Crippen molar-refractivity contribution in [3.8, 4) is 0 Å². The molecule has 9 heteroatoms. The van der Waals surface area contributed by atoms with Crippen LogP contribution >= 0.6 is 0 Å². The highest BCUT2D eigenvalue weighted by molar-refractivity contribution is 7.87. The van der Waals surface area contributed by atoms with Gasteiger partial charge in [-0.3, -0.25) is 0 Å². The smallest absolute Gasteiger partial charge is 0.459 e. The van der Waals surface area contributed by atoms with Crippen molar-refractivity contribution >= 4 is 16.1 Å². The van der Waals surface area contributed by atoms with Crippen LogP contribution in [0.5, 0.6) is 0 Å². The van der Waals surface area contributed by atoms with Crippen LogP contribution in [0.25, 0.3) is 0 Å². The second-order valence-corrected chi connectivity index (χ2v) is 7.47. The van der Waals surface area contributed by atoms with Gasteiger partial charge in [0.15, 0.2) is 6.10 Å². The Kier molecular flexibility index (Phi) is 6.45. The summed E-state index contributed by atoms with van der Waals surface area (Å²) in [6, 6.07) is 8.54. The number of esters is 1. The van der Waals surface area contributed by atoms with Gasteiger partial charge in [0.1, 0.15) is 6.61 Å². The van der Waals surface area contributed by atoms with Crippen molar-refractivity contribution in [2.75, 3.05) is 0 Å². The molecule has 0 spiro atoms. The lowest BCUT2D eigenvalue weighted by Gasteiger charge is -2.28. The quantitative estimate of drug-likeness (QED) is 0.429. The van der Waals surface area contributed by atoms with E-state index in [1.807, 2.05) is 0 Å². The normalized spacial score (nSPS) is 17.9. The van der Waals surface area contributed by atoms with E-state index in [9.17, 15) is 26.4 Å². The fraction of sp³-hybridized carbons (Fsp3) is 0.562. The highest BCUT2D eigenvalue weighted by Crippen LogP contribution is 2.33. The summed E-state index contributed by atoms with van der Waals surface area (Å²) in [6.45, 7) is -0.168. The minimum Gasteiger partial charge on any atom is -0.459 e. The van der Waals surface area contributed by atoms with Crippen LogP contribution in [0.3, 0.4) is 0 Å². The molecule has 1 aromatic rings. The zero-order valence-corrected chi connectivity index (χ0v) is 14.2. The molecule has 0 amide bonds. The summed E-state index contributed by atoms with van der Waals surface area (Å²) in [7, 11) is -5.88. The van der Waals surface area contributed by atoms with Gasteiger partial charge in [0.05, 0.1) is 0 Å². The summed E-state index contributed by atoms with van der Waals surface area (Å²) in [6.07, 6.45) is 1.33. The average Bonchev–Trinajstić information content (AvgIpc) is 2.58. The minimum absolute atomic E-state index is 0.168. The van der Waals surface area contributed by atoms with Crippen LogP contribution < -0.4 is 0 Å². The van der Waals surface area contributed by atoms with Crippen LogP contribution in [0.15, 0.2) is 30.3 Å². The van der Waals surface area contributed by atoms with E-state index in [1.165, 1.54) is 0 Å². The van der Waals surface area contributed by atoms with Gasteiger partial charge in [0.25, 0.3) is 0 Å². The number of rotatable bonds is 6. The van der Waals surface area contributed by atoms with Gasteiger partial charge in [0, 0.05) is 0 Å². The van der Waals surface area contributed by atoms with Crippen molar-refractivity contribution in [3.63, 3.8) is 0 Å². The van der Waals surface area contributed by atoms with Crippen molar-refractivity contribution in [2.45, 2.75) is 50.3 Å². The number of ether oxygens (including phenoxy) is 1. The Labute approximate surface area is 144 Å². The summed E-state index contributed by atoms with van der Waals surface area (Å²) < 4.78 is 69.8. The van der Waals surface area contributed by atoms with E-state index in [0.717, 1.165) is 6.42 Å². The number of benzene rings is 1. The Bertz CT molecular complexity index is 667. The van der Waals surface area contributed by atoms with E-state index in [4.69, 9.17) is 4.74 Å². The van der Waals surface area contributed by atoms with Crippen molar-refractivity contribution in [3.05, 3.63) is 35.9 Å². The van der Waals surface area contributed by atoms with Gasteiger partial charge >= 0.3 is 21.6 Å². The van der Waals surface area contributed by atoms with Crippen molar-refractivity contribution in [1.29, 1.82) is 0 Å². The van der Waals surface area contributed by atoms with E-state index in [1.54, 1.807) is 30.3 Å². The van der Waals surface area contributed by atoms with Gasteiger partial charge < -0.3 is 4.74 Å². The number of carbonyl (C=O) groups excluding carboxylic acids is 1. The van der Waals surface area contributed by atoms with Gasteiger partial charge in [-0.05, 0) is 24.3 Å². The fourth-order valence-electron chi connectivity index (χ4n) is 2.75. The summed E-state index contributed by atoms with van der Waals surface area (Å²) >= 11 is 0. The van der Waals surface area contributed by atoms with E-state index in [2.05, 4.69) is 4.18 Å². The van der Waals surface area contributed by atoms with Crippen molar-refractivity contribution < 1.29 is 35.3 Å². The Morgan fingerprint density at radius 3 is 2.28 bits per heavy atom. The van der Waals surface area contributed by atoms with Gasteiger partial charge in [0.2, 0.25) is 0 Å². The largest absolute Gasteiger partial charge is 0.523 e. The molecule has 0 aromatic heterocycles. The van der Waals surface area contributed by atoms with E-state index >= 15 is 0 Å². The standard InChI is InChI=1S/C16H19F3O5S/c17-16(18,19)25(21,22)24-14(13-9-5-2-6-10-13)15(20)23-11-12-7-3-1-4-8-12/h1,3-4,7-8,13-14H,2,5-6,9-11H2/t14-/m0/s1. The monoisotopic (exact) mass is 380 g/mol. The Morgan fingerprint density at radius 2 is 1.72 bits per heavy atom. The topological polar surface area (TPSA) is 69.7 Å². The third-order valence-corrected chi connectivity index (χ3v) is 5.08. The lowest BCUT2D eigenvalue weighted by atomic mass is 9.85. The van der Waals surface area contributed by atoms with Gasteiger partial charge in [-0.15, -0.1) is 0 Å². The lowest BCUT2D eigenvalue weighted by Crippen LogP contribution is -2.40. The zero-order chi connectivity index (χ0) is 18.5.